The van der Waals surface area contributed by atoms with E-state index < -0.39 is 0 Å². The molecule has 0 aliphatic carbocycles. The Balaban J connectivity index is 1.51. The van der Waals surface area contributed by atoms with E-state index in [0.717, 1.165) is 11.1 Å². The Kier molecular flexibility index (Phi) is 4.33. The van der Waals surface area contributed by atoms with E-state index in [1.54, 1.807) is 0 Å². The third-order valence-corrected chi connectivity index (χ3v) is 8.34. The maximum atomic E-state index is 4.67. The Morgan fingerprint density at radius 1 is 0.400 bits per heavy atom. The molecule has 3 heteroatoms. The van der Waals surface area contributed by atoms with Crippen molar-refractivity contribution in [1.82, 2.24) is 14.1 Å². The topological polar surface area (TPSA) is 22.8 Å². The average molecular weight is 510 g/mol. The first-order chi connectivity index (χ1) is 19.9. The number of para-hydroxylation sites is 3. The number of rotatable bonds is 2. The van der Waals surface area contributed by atoms with Gasteiger partial charge < -0.3 is 9.13 Å². The molecule has 9 rings (SSSR count). The van der Waals surface area contributed by atoms with Crippen molar-refractivity contribution in [3.8, 4) is 11.4 Å². The number of hydrogen-bond donors (Lipinski definition) is 0. The summed E-state index contributed by atoms with van der Waals surface area (Å²) >= 11 is 0. The fourth-order valence-corrected chi connectivity index (χ4v) is 6.63. The predicted octanol–water partition coefficient (Wildman–Crippen LogP) is 9.58. The molecule has 3 heterocycles. The molecule has 186 valence electrons. The smallest absolute Gasteiger partial charge is 0.0724 e. The van der Waals surface area contributed by atoms with Crippen LogP contribution in [0.3, 0.4) is 0 Å². The number of pyridine rings is 1. The largest absolute Gasteiger partial charge is 0.309 e. The van der Waals surface area contributed by atoms with Gasteiger partial charge in [-0.3, -0.25) is 4.98 Å². The molecule has 0 N–H and O–H groups in total. The molecule has 0 unspecified atom stereocenters. The lowest BCUT2D eigenvalue weighted by atomic mass is 10.0. The Labute approximate surface area is 230 Å². The fourth-order valence-electron chi connectivity index (χ4n) is 6.63. The van der Waals surface area contributed by atoms with Crippen molar-refractivity contribution in [2.75, 3.05) is 0 Å². The Hall–Kier alpha value is -5.41. The third kappa shape index (κ3) is 2.86. The maximum absolute atomic E-state index is 4.67. The Morgan fingerprint density at radius 2 is 1.07 bits per heavy atom. The van der Waals surface area contributed by atoms with Crippen molar-refractivity contribution in [3.05, 3.63) is 140 Å². The number of nitrogens with zero attached hydrogens (tertiary/aromatic N) is 3. The van der Waals surface area contributed by atoms with Crippen LogP contribution < -0.4 is 0 Å². The van der Waals surface area contributed by atoms with E-state index >= 15 is 0 Å². The molecule has 0 radical (unpaired) electrons. The van der Waals surface area contributed by atoms with Crippen LogP contribution in [0.4, 0.5) is 0 Å². The molecule has 0 saturated heterocycles. The average Bonchev–Trinajstić information content (AvgIpc) is 3.53. The molecular formula is C37H23N3. The van der Waals surface area contributed by atoms with Gasteiger partial charge in [0.25, 0.3) is 0 Å². The standard InChI is InChI=1S/C37H23N3/c1-2-11-26(12-3-1)39-33-16-8-7-15-29(33)32-20-24-18-19-30-28-14-6-9-17-34(28)40(37(30)31(24)21-35(32)39)36-23-38-22-25-10-4-5-13-27(25)36/h1-23H. The lowest BCUT2D eigenvalue weighted by Gasteiger charge is -2.13. The van der Waals surface area contributed by atoms with Crippen LogP contribution in [0.1, 0.15) is 0 Å². The normalized spacial score (nSPS) is 12.0. The molecule has 0 aliphatic rings. The number of benzene rings is 6. The lowest BCUT2D eigenvalue weighted by Crippen LogP contribution is -1.97. The molecule has 0 spiro atoms. The summed E-state index contributed by atoms with van der Waals surface area (Å²) in [6, 6.07) is 46.0. The van der Waals surface area contributed by atoms with Gasteiger partial charge in [-0.2, -0.15) is 0 Å². The molecule has 40 heavy (non-hydrogen) atoms. The summed E-state index contributed by atoms with van der Waals surface area (Å²) in [6.45, 7) is 0. The second-order valence-corrected chi connectivity index (χ2v) is 10.5. The third-order valence-electron chi connectivity index (χ3n) is 8.34. The van der Waals surface area contributed by atoms with Gasteiger partial charge >= 0.3 is 0 Å². The number of aromatic nitrogens is 3. The molecular weight excluding hydrogens is 486 g/mol. The Morgan fingerprint density at radius 3 is 1.90 bits per heavy atom. The van der Waals surface area contributed by atoms with E-state index in [0.29, 0.717) is 0 Å². The summed E-state index contributed by atoms with van der Waals surface area (Å²) in [7, 11) is 0. The second kappa shape index (κ2) is 8.05. The van der Waals surface area contributed by atoms with Crippen LogP contribution in [0.25, 0.3) is 76.5 Å². The van der Waals surface area contributed by atoms with E-state index in [-0.39, 0.29) is 0 Å². The molecule has 0 bridgehead atoms. The summed E-state index contributed by atoms with van der Waals surface area (Å²) in [5.41, 5.74) is 7.09. The van der Waals surface area contributed by atoms with Crippen LogP contribution >= 0.6 is 0 Å². The van der Waals surface area contributed by atoms with Crippen LogP contribution in [-0.2, 0) is 0 Å². The van der Waals surface area contributed by atoms with E-state index in [2.05, 4.69) is 142 Å². The minimum atomic E-state index is 1.10. The van der Waals surface area contributed by atoms with E-state index in [1.165, 1.54) is 65.5 Å². The number of fused-ring (bicyclic) bond motifs is 9. The van der Waals surface area contributed by atoms with Gasteiger partial charge in [0, 0.05) is 49.6 Å². The summed E-state index contributed by atoms with van der Waals surface area (Å²) in [5, 5.41) is 9.81. The highest BCUT2D eigenvalue weighted by molar-refractivity contribution is 6.23. The van der Waals surface area contributed by atoms with Gasteiger partial charge in [-0.15, -0.1) is 0 Å². The molecule has 6 aromatic carbocycles. The first kappa shape index (κ1) is 21.5. The van der Waals surface area contributed by atoms with Crippen LogP contribution in [0.2, 0.25) is 0 Å². The van der Waals surface area contributed by atoms with E-state index in [4.69, 9.17) is 0 Å². The molecule has 0 atom stereocenters. The minimum absolute atomic E-state index is 1.10. The summed E-state index contributed by atoms with van der Waals surface area (Å²) in [5.74, 6) is 0. The summed E-state index contributed by atoms with van der Waals surface area (Å²) < 4.78 is 4.82. The maximum Gasteiger partial charge on any atom is 0.0724 e. The first-order valence-electron chi connectivity index (χ1n) is 13.6. The first-order valence-corrected chi connectivity index (χ1v) is 13.6. The van der Waals surface area contributed by atoms with Crippen molar-refractivity contribution in [1.29, 1.82) is 0 Å². The zero-order valence-corrected chi connectivity index (χ0v) is 21.6. The summed E-state index contributed by atoms with van der Waals surface area (Å²) in [6.07, 6.45) is 3.96. The van der Waals surface area contributed by atoms with Gasteiger partial charge in [0.2, 0.25) is 0 Å². The van der Waals surface area contributed by atoms with Gasteiger partial charge in [0.05, 0.1) is 34.0 Å². The fraction of sp³-hybridized carbons (Fsp3) is 0. The van der Waals surface area contributed by atoms with Crippen molar-refractivity contribution in [2.45, 2.75) is 0 Å². The van der Waals surface area contributed by atoms with Crippen molar-refractivity contribution in [3.63, 3.8) is 0 Å². The Bertz CT molecular complexity index is 2420. The molecule has 0 saturated carbocycles. The van der Waals surface area contributed by atoms with Gasteiger partial charge in [-0.05, 0) is 41.8 Å². The van der Waals surface area contributed by atoms with Crippen LogP contribution in [0, 0.1) is 0 Å². The van der Waals surface area contributed by atoms with Crippen molar-refractivity contribution < 1.29 is 0 Å². The predicted molar refractivity (Wildman–Crippen MR) is 168 cm³/mol. The molecule has 3 aromatic heterocycles. The van der Waals surface area contributed by atoms with Gasteiger partial charge in [0.1, 0.15) is 0 Å². The molecule has 0 fully saturated rings. The van der Waals surface area contributed by atoms with Crippen molar-refractivity contribution >= 4 is 65.2 Å². The minimum Gasteiger partial charge on any atom is -0.309 e. The SMILES string of the molecule is c1ccc(-n2c3ccccc3c3cc4ccc5c6ccccc6n(-c6cncc7ccccc67)c5c4cc32)cc1. The van der Waals surface area contributed by atoms with E-state index in [1.807, 2.05) is 12.4 Å². The number of hydrogen-bond acceptors (Lipinski definition) is 1. The van der Waals surface area contributed by atoms with Crippen LogP contribution in [0.15, 0.2) is 140 Å². The lowest BCUT2D eigenvalue weighted by molar-refractivity contribution is 1.17. The summed E-state index contributed by atoms with van der Waals surface area (Å²) in [4.78, 5) is 4.67. The van der Waals surface area contributed by atoms with Crippen LogP contribution in [-0.4, -0.2) is 14.1 Å². The molecule has 9 aromatic rings. The van der Waals surface area contributed by atoms with Crippen molar-refractivity contribution in [2.24, 2.45) is 0 Å². The molecule has 3 nitrogen and oxygen atoms in total. The molecule has 0 amide bonds. The quantitative estimate of drug-likeness (QED) is 0.227. The highest BCUT2D eigenvalue weighted by Crippen LogP contribution is 2.41. The molecule has 0 aliphatic heterocycles. The second-order valence-electron chi connectivity index (χ2n) is 10.5. The van der Waals surface area contributed by atoms with E-state index in [9.17, 15) is 0 Å². The van der Waals surface area contributed by atoms with Gasteiger partial charge in [-0.25, -0.2) is 0 Å². The monoisotopic (exact) mass is 509 g/mol. The highest BCUT2D eigenvalue weighted by Gasteiger charge is 2.19. The van der Waals surface area contributed by atoms with Gasteiger partial charge in [-0.1, -0.05) is 91.0 Å². The van der Waals surface area contributed by atoms with Gasteiger partial charge in [0.15, 0.2) is 0 Å². The zero-order valence-electron chi connectivity index (χ0n) is 21.6. The highest BCUT2D eigenvalue weighted by atomic mass is 15.0. The zero-order chi connectivity index (χ0) is 26.2. The van der Waals surface area contributed by atoms with Crippen LogP contribution in [0.5, 0.6) is 0 Å².